The zero-order valence-electron chi connectivity index (χ0n) is 15.8. The van der Waals surface area contributed by atoms with Gasteiger partial charge in [-0.3, -0.25) is 14.5 Å². The third-order valence-electron chi connectivity index (χ3n) is 4.40. The highest BCUT2D eigenvalue weighted by molar-refractivity contribution is 6.10. The summed E-state index contributed by atoms with van der Waals surface area (Å²) in [6.07, 6.45) is 0.534. The fraction of sp³-hybridized carbons (Fsp3) is 0.526. The molecule has 1 aromatic rings. The number of benzene rings is 1. The maximum atomic E-state index is 12.6. The molecule has 6 heteroatoms. The van der Waals surface area contributed by atoms with Crippen LogP contribution in [0.1, 0.15) is 43.9 Å². The summed E-state index contributed by atoms with van der Waals surface area (Å²) in [7, 11) is 0. The maximum Gasteiger partial charge on any atom is 0.325 e. The van der Waals surface area contributed by atoms with Gasteiger partial charge in [0.25, 0.3) is 5.91 Å². The second-order valence-corrected chi connectivity index (χ2v) is 7.57. The molecule has 0 aliphatic carbocycles. The lowest BCUT2D eigenvalue weighted by atomic mass is 9.91. The lowest BCUT2D eigenvalue weighted by Crippen LogP contribution is -2.45. The molecule has 1 heterocycles. The molecule has 136 valence electrons. The van der Waals surface area contributed by atoms with Crippen LogP contribution < -0.4 is 10.6 Å². The highest BCUT2D eigenvalue weighted by atomic mass is 16.2. The standard InChI is InChI=1S/C19H27N3O3/c1-11(2)9-19(6)17(24)22(18(25)21-19)10-15(23)20-16-13(4)7-12(3)8-14(16)5/h7-8,11H,9-10H2,1-6H3,(H,20,23)(H,21,25). The number of amides is 4. The molecule has 0 aromatic heterocycles. The van der Waals surface area contributed by atoms with Gasteiger partial charge < -0.3 is 10.6 Å². The summed E-state index contributed by atoms with van der Waals surface area (Å²) >= 11 is 0. The van der Waals surface area contributed by atoms with Crippen molar-refractivity contribution in [1.29, 1.82) is 0 Å². The first-order chi connectivity index (χ1) is 11.5. The molecule has 25 heavy (non-hydrogen) atoms. The summed E-state index contributed by atoms with van der Waals surface area (Å²) in [6.45, 7) is 11.2. The summed E-state index contributed by atoms with van der Waals surface area (Å²) in [5, 5.41) is 5.55. The SMILES string of the molecule is Cc1cc(C)c(NC(=O)CN2C(=O)NC(C)(CC(C)C)C2=O)c(C)c1. The molecule has 2 rings (SSSR count). The molecule has 0 spiro atoms. The highest BCUT2D eigenvalue weighted by Gasteiger charge is 2.48. The van der Waals surface area contributed by atoms with E-state index in [0.717, 1.165) is 27.3 Å². The number of carbonyl (C=O) groups is 3. The van der Waals surface area contributed by atoms with E-state index in [0.29, 0.717) is 6.42 Å². The van der Waals surface area contributed by atoms with Crippen LogP contribution in [-0.2, 0) is 9.59 Å². The number of nitrogens with one attached hydrogen (secondary N) is 2. The van der Waals surface area contributed by atoms with Crippen molar-refractivity contribution in [1.82, 2.24) is 10.2 Å². The number of aryl methyl sites for hydroxylation is 3. The predicted molar refractivity (Wildman–Crippen MR) is 97.4 cm³/mol. The van der Waals surface area contributed by atoms with E-state index >= 15 is 0 Å². The average molecular weight is 345 g/mol. The van der Waals surface area contributed by atoms with Crippen LogP contribution in [-0.4, -0.2) is 34.8 Å². The second kappa shape index (κ2) is 6.86. The number of hydrogen-bond acceptors (Lipinski definition) is 3. The fourth-order valence-corrected chi connectivity index (χ4v) is 3.55. The second-order valence-electron chi connectivity index (χ2n) is 7.57. The summed E-state index contributed by atoms with van der Waals surface area (Å²) in [4.78, 5) is 38.2. The van der Waals surface area contributed by atoms with Crippen molar-refractivity contribution in [2.45, 2.75) is 53.5 Å². The van der Waals surface area contributed by atoms with Crippen LogP contribution in [0.3, 0.4) is 0 Å². The van der Waals surface area contributed by atoms with Crippen LogP contribution in [0.15, 0.2) is 12.1 Å². The number of urea groups is 1. The molecule has 1 saturated heterocycles. The Bertz CT molecular complexity index is 704. The Hall–Kier alpha value is -2.37. The van der Waals surface area contributed by atoms with Crippen molar-refractivity contribution in [3.05, 3.63) is 28.8 Å². The molecule has 1 aromatic carbocycles. The lowest BCUT2D eigenvalue weighted by molar-refractivity contribution is -0.133. The Balaban J connectivity index is 2.11. The first-order valence-corrected chi connectivity index (χ1v) is 8.55. The van der Waals surface area contributed by atoms with E-state index in [2.05, 4.69) is 10.6 Å². The van der Waals surface area contributed by atoms with Gasteiger partial charge in [0.05, 0.1) is 0 Å². The first kappa shape index (κ1) is 19.0. The molecule has 1 fully saturated rings. The molecule has 0 radical (unpaired) electrons. The Morgan fingerprint density at radius 3 is 2.28 bits per heavy atom. The molecule has 6 nitrogen and oxygen atoms in total. The average Bonchev–Trinajstić information content (AvgIpc) is 2.65. The van der Waals surface area contributed by atoms with Crippen molar-refractivity contribution in [3.8, 4) is 0 Å². The molecule has 1 atom stereocenters. The maximum absolute atomic E-state index is 12.6. The Morgan fingerprint density at radius 2 is 1.76 bits per heavy atom. The Kier molecular flexibility index (Phi) is 5.20. The van der Waals surface area contributed by atoms with Crippen LogP contribution in [0.2, 0.25) is 0 Å². The molecule has 0 bridgehead atoms. The van der Waals surface area contributed by atoms with E-state index in [1.165, 1.54) is 0 Å². The molecule has 1 aliphatic rings. The van der Waals surface area contributed by atoms with Crippen LogP contribution in [0.4, 0.5) is 10.5 Å². The van der Waals surface area contributed by atoms with Gasteiger partial charge in [-0.2, -0.15) is 0 Å². The number of imide groups is 1. The topological polar surface area (TPSA) is 78.5 Å². The van der Waals surface area contributed by atoms with Gasteiger partial charge in [-0.25, -0.2) is 4.79 Å². The smallest absolute Gasteiger partial charge is 0.324 e. The van der Waals surface area contributed by atoms with Gasteiger partial charge in [-0.1, -0.05) is 31.5 Å². The van der Waals surface area contributed by atoms with E-state index in [1.807, 2.05) is 46.8 Å². The van der Waals surface area contributed by atoms with Gasteiger partial charge in [0.1, 0.15) is 12.1 Å². The van der Waals surface area contributed by atoms with Crippen molar-refractivity contribution >= 4 is 23.5 Å². The fourth-order valence-electron chi connectivity index (χ4n) is 3.55. The van der Waals surface area contributed by atoms with Crippen LogP contribution in [0.5, 0.6) is 0 Å². The molecule has 0 saturated carbocycles. The highest BCUT2D eigenvalue weighted by Crippen LogP contribution is 2.25. The number of nitrogens with zero attached hydrogens (tertiary/aromatic N) is 1. The van der Waals surface area contributed by atoms with Gasteiger partial charge in [0.15, 0.2) is 0 Å². The minimum absolute atomic E-state index is 0.251. The minimum Gasteiger partial charge on any atom is -0.324 e. The summed E-state index contributed by atoms with van der Waals surface area (Å²) < 4.78 is 0. The van der Waals surface area contributed by atoms with Gasteiger partial charge in [-0.15, -0.1) is 0 Å². The predicted octanol–water partition coefficient (Wildman–Crippen LogP) is 2.91. The zero-order valence-corrected chi connectivity index (χ0v) is 15.8. The van der Waals surface area contributed by atoms with E-state index < -0.39 is 11.6 Å². The van der Waals surface area contributed by atoms with Crippen LogP contribution in [0, 0.1) is 26.7 Å². The van der Waals surface area contributed by atoms with Crippen LogP contribution >= 0.6 is 0 Å². The minimum atomic E-state index is -0.943. The number of anilines is 1. The molecule has 1 aliphatic heterocycles. The van der Waals surface area contributed by atoms with Crippen molar-refractivity contribution in [3.63, 3.8) is 0 Å². The van der Waals surface area contributed by atoms with E-state index in [4.69, 9.17) is 0 Å². The van der Waals surface area contributed by atoms with Gasteiger partial charge >= 0.3 is 6.03 Å². The molecule has 4 amide bonds. The van der Waals surface area contributed by atoms with Crippen molar-refractivity contribution in [2.24, 2.45) is 5.92 Å². The molecular formula is C19H27N3O3. The largest absolute Gasteiger partial charge is 0.325 e. The van der Waals surface area contributed by atoms with E-state index in [-0.39, 0.29) is 24.3 Å². The van der Waals surface area contributed by atoms with Crippen molar-refractivity contribution in [2.75, 3.05) is 11.9 Å². The van der Waals surface area contributed by atoms with Crippen molar-refractivity contribution < 1.29 is 14.4 Å². The normalized spacial score (nSPS) is 20.2. The van der Waals surface area contributed by atoms with Gasteiger partial charge in [0, 0.05) is 5.69 Å². The first-order valence-electron chi connectivity index (χ1n) is 8.55. The zero-order chi connectivity index (χ0) is 18.9. The van der Waals surface area contributed by atoms with Crippen LogP contribution in [0.25, 0.3) is 0 Å². The van der Waals surface area contributed by atoms with Gasteiger partial charge in [-0.05, 0) is 51.2 Å². The lowest BCUT2D eigenvalue weighted by Gasteiger charge is -2.23. The summed E-state index contributed by atoms with van der Waals surface area (Å²) in [5.74, 6) is -0.480. The Labute approximate surface area is 149 Å². The van der Waals surface area contributed by atoms with Gasteiger partial charge in [0.2, 0.25) is 5.91 Å². The van der Waals surface area contributed by atoms with E-state index in [9.17, 15) is 14.4 Å². The molecular weight excluding hydrogens is 318 g/mol. The monoisotopic (exact) mass is 345 g/mol. The summed E-state index contributed by atoms with van der Waals surface area (Å²) in [5.41, 5.74) is 2.81. The Morgan fingerprint density at radius 1 is 1.20 bits per heavy atom. The third-order valence-corrected chi connectivity index (χ3v) is 4.40. The number of rotatable bonds is 5. The number of hydrogen-bond donors (Lipinski definition) is 2. The third kappa shape index (κ3) is 4.00. The van der Waals surface area contributed by atoms with E-state index in [1.54, 1.807) is 6.92 Å². The molecule has 2 N–H and O–H groups in total. The summed E-state index contributed by atoms with van der Waals surface area (Å²) in [6, 6.07) is 3.45. The number of carbonyl (C=O) groups excluding carboxylic acids is 3. The quantitative estimate of drug-likeness (QED) is 0.806. The molecule has 1 unspecified atom stereocenters.